The van der Waals surface area contributed by atoms with Crippen molar-refractivity contribution < 1.29 is 4.79 Å². The second kappa shape index (κ2) is 6.48. The Balaban J connectivity index is 1.92. The molecule has 1 aromatic rings. The molecule has 2 aliphatic rings. The Bertz CT molecular complexity index is 576. The van der Waals surface area contributed by atoms with Crippen molar-refractivity contribution in [3.05, 3.63) is 47.5 Å². The molecule has 23 heavy (non-hydrogen) atoms. The number of amides is 1. The molecule has 0 atom stereocenters. The van der Waals surface area contributed by atoms with E-state index in [1.54, 1.807) is 0 Å². The molecule has 0 aromatic heterocycles. The van der Waals surface area contributed by atoms with Gasteiger partial charge in [0.15, 0.2) is 0 Å². The number of benzene rings is 1. The Morgan fingerprint density at radius 3 is 2.26 bits per heavy atom. The summed E-state index contributed by atoms with van der Waals surface area (Å²) < 4.78 is 0. The lowest BCUT2D eigenvalue weighted by atomic mass is 9.89. The van der Waals surface area contributed by atoms with Gasteiger partial charge in [-0.2, -0.15) is 0 Å². The van der Waals surface area contributed by atoms with Crippen molar-refractivity contribution in [1.82, 2.24) is 9.80 Å². The van der Waals surface area contributed by atoms with Crippen LogP contribution in [0.2, 0.25) is 0 Å². The number of nitrogens with zero attached hydrogens (tertiary/aromatic N) is 2. The predicted octanol–water partition coefficient (Wildman–Crippen LogP) is 3.04. The number of piperidine rings is 1. The normalized spacial score (nSPS) is 20.1. The second-order valence-corrected chi connectivity index (χ2v) is 7.32. The third-order valence-electron chi connectivity index (χ3n) is 5.30. The monoisotopic (exact) mass is 312 g/mol. The van der Waals surface area contributed by atoms with Crippen LogP contribution in [0.15, 0.2) is 36.4 Å². The van der Waals surface area contributed by atoms with E-state index in [1.807, 2.05) is 18.9 Å². The van der Waals surface area contributed by atoms with Crippen molar-refractivity contribution in [2.45, 2.75) is 44.6 Å². The Hall–Kier alpha value is -1.61. The molecule has 1 aliphatic heterocycles. The van der Waals surface area contributed by atoms with Crippen LogP contribution < -0.4 is 0 Å². The molecule has 0 unspecified atom stereocenters. The van der Waals surface area contributed by atoms with Gasteiger partial charge in [0.2, 0.25) is 5.91 Å². The summed E-state index contributed by atoms with van der Waals surface area (Å²) in [5.41, 5.74) is 3.34. The van der Waals surface area contributed by atoms with Gasteiger partial charge in [-0.25, -0.2) is 0 Å². The van der Waals surface area contributed by atoms with Crippen LogP contribution in [0.25, 0.3) is 0 Å². The lowest BCUT2D eigenvalue weighted by Gasteiger charge is -2.44. The minimum absolute atomic E-state index is 0.263. The minimum Gasteiger partial charge on any atom is -0.340 e. The average molecular weight is 312 g/mol. The Kier molecular flexibility index (Phi) is 4.58. The first-order valence-corrected chi connectivity index (χ1v) is 8.75. The van der Waals surface area contributed by atoms with E-state index >= 15 is 0 Å². The van der Waals surface area contributed by atoms with E-state index in [9.17, 15) is 4.79 Å². The number of likely N-dealkylation sites (tertiary alicyclic amines) is 1. The van der Waals surface area contributed by atoms with E-state index in [4.69, 9.17) is 0 Å². The predicted molar refractivity (Wildman–Crippen MR) is 94.5 cm³/mol. The minimum atomic E-state index is -0.381. The molecule has 1 amide bonds. The molecule has 0 spiro atoms. The molecule has 3 rings (SSSR count). The van der Waals surface area contributed by atoms with Crippen molar-refractivity contribution in [1.29, 1.82) is 0 Å². The van der Waals surface area contributed by atoms with Crippen molar-refractivity contribution in [2.24, 2.45) is 0 Å². The Morgan fingerprint density at radius 1 is 1.17 bits per heavy atom. The standard InChI is InChI=1S/C20H28N2O/c1-16(2)15-21(3)19(23)20(22-11-7-4-8-12-22)13-17-9-5-6-10-18(17)14-20/h5-6,9-10H,1,4,7-8,11-15H2,2-3H3. The van der Waals surface area contributed by atoms with Gasteiger partial charge in [0.25, 0.3) is 0 Å². The van der Waals surface area contributed by atoms with Crippen LogP contribution in [-0.2, 0) is 17.6 Å². The average Bonchev–Trinajstić information content (AvgIpc) is 2.95. The third-order valence-corrected chi connectivity index (χ3v) is 5.30. The van der Waals surface area contributed by atoms with E-state index in [0.717, 1.165) is 31.5 Å². The molecular formula is C20H28N2O. The van der Waals surface area contributed by atoms with Gasteiger partial charge in [0, 0.05) is 26.4 Å². The molecule has 1 aromatic carbocycles. The van der Waals surface area contributed by atoms with Crippen LogP contribution in [0.1, 0.15) is 37.3 Å². The van der Waals surface area contributed by atoms with Crippen molar-refractivity contribution in [3.63, 3.8) is 0 Å². The van der Waals surface area contributed by atoms with Gasteiger partial charge in [0.1, 0.15) is 5.54 Å². The summed E-state index contributed by atoms with van der Waals surface area (Å²) in [5, 5.41) is 0. The van der Waals surface area contributed by atoms with E-state index < -0.39 is 0 Å². The highest BCUT2D eigenvalue weighted by Gasteiger charge is 2.49. The lowest BCUT2D eigenvalue weighted by Crippen LogP contribution is -2.61. The highest BCUT2D eigenvalue weighted by atomic mass is 16.2. The van der Waals surface area contributed by atoms with Gasteiger partial charge in [0.05, 0.1) is 0 Å². The first kappa shape index (κ1) is 16.3. The highest BCUT2D eigenvalue weighted by Crippen LogP contribution is 2.37. The molecule has 3 heteroatoms. The first-order chi connectivity index (χ1) is 11.0. The number of fused-ring (bicyclic) bond motifs is 1. The summed E-state index contributed by atoms with van der Waals surface area (Å²) in [7, 11) is 1.92. The van der Waals surface area contributed by atoms with Crippen LogP contribution in [0, 0.1) is 0 Å². The van der Waals surface area contributed by atoms with E-state index in [1.165, 1.54) is 30.4 Å². The zero-order valence-corrected chi connectivity index (χ0v) is 14.5. The first-order valence-electron chi connectivity index (χ1n) is 8.75. The van der Waals surface area contributed by atoms with Crippen LogP contribution in [0.5, 0.6) is 0 Å². The summed E-state index contributed by atoms with van der Waals surface area (Å²) in [6.07, 6.45) is 5.39. The molecule has 1 aliphatic carbocycles. The summed E-state index contributed by atoms with van der Waals surface area (Å²) in [6, 6.07) is 8.56. The van der Waals surface area contributed by atoms with Gasteiger partial charge in [-0.15, -0.1) is 0 Å². The summed E-state index contributed by atoms with van der Waals surface area (Å²) in [5.74, 6) is 0.263. The number of likely N-dealkylation sites (N-methyl/N-ethyl adjacent to an activating group) is 1. The van der Waals surface area contributed by atoms with Gasteiger partial charge < -0.3 is 4.90 Å². The van der Waals surface area contributed by atoms with Crippen molar-refractivity contribution in [3.8, 4) is 0 Å². The summed E-state index contributed by atoms with van der Waals surface area (Å²) in [4.78, 5) is 17.8. The van der Waals surface area contributed by atoms with Crippen molar-refractivity contribution >= 4 is 5.91 Å². The maximum atomic E-state index is 13.4. The number of rotatable bonds is 4. The third kappa shape index (κ3) is 3.07. The molecular weight excluding hydrogens is 284 g/mol. The molecule has 1 fully saturated rings. The van der Waals surface area contributed by atoms with Crippen molar-refractivity contribution in [2.75, 3.05) is 26.7 Å². The molecule has 124 valence electrons. The smallest absolute Gasteiger partial charge is 0.243 e. The fourth-order valence-corrected chi connectivity index (χ4v) is 4.26. The maximum absolute atomic E-state index is 13.4. The van der Waals surface area contributed by atoms with Crippen LogP contribution in [0.3, 0.4) is 0 Å². The maximum Gasteiger partial charge on any atom is 0.243 e. The lowest BCUT2D eigenvalue weighted by molar-refractivity contribution is -0.143. The quantitative estimate of drug-likeness (QED) is 0.798. The Morgan fingerprint density at radius 2 is 1.74 bits per heavy atom. The summed E-state index contributed by atoms with van der Waals surface area (Å²) >= 11 is 0. The van der Waals surface area contributed by atoms with Gasteiger partial charge in [-0.3, -0.25) is 9.69 Å². The number of hydrogen-bond donors (Lipinski definition) is 0. The van der Waals surface area contributed by atoms with Crippen LogP contribution in [-0.4, -0.2) is 47.9 Å². The van der Waals surface area contributed by atoms with Gasteiger partial charge >= 0.3 is 0 Å². The fourth-order valence-electron chi connectivity index (χ4n) is 4.26. The molecule has 0 N–H and O–H groups in total. The topological polar surface area (TPSA) is 23.6 Å². The van der Waals surface area contributed by atoms with E-state index in [0.29, 0.717) is 6.54 Å². The number of hydrogen-bond acceptors (Lipinski definition) is 2. The van der Waals surface area contributed by atoms with Crippen LogP contribution >= 0.6 is 0 Å². The SMILES string of the molecule is C=C(C)CN(C)C(=O)C1(N2CCCCC2)Cc2ccccc2C1. The van der Waals surface area contributed by atoms with Crippen LogP contribution in [0.4, 0.5) is 0 Å². The van der Waals surface area contributed by atoms with E-state index in [2.05, 4.69) is 35.7 Å². The van der Waals surface area contributed by atoms with Gasteiger partial charge in [-0.05, 0) is 44.0 Å². The fraction of sp³-hybridized carbons (Fsp3) is 0.550. The second-order valence-electron chi connectivity index (χ2n) is 7.32. The zero-order chi connectivity index (χ0) is 16.4. The largest absolute Gasteiger partial charge is 0.340 e. The molecule has 1 heterocycles. The molecule has 0 bridgehead atoms. The molecule has 1 saturated heterocycles. The number of carbonyl (C=O) groups is 1. The van der Waals surface area contributed by atoms with Gasteiger partial charge in [-0.1, -0.05) is 42.8 Å². The zero-order valence-electron chi connectivity index (χ0n) is 14.5. The molecule has 0 radical (unpaired) electrons. The number of carbonyl (C=O) groups excluding carboxylic acids is 1. The van der Waals surface area contributed by atoms with E-state index in [-0.39, 0.29) is 11.4 Å². The summed E-state index contributed by atoms with van der Waals surface area (Å²) in [6.45, 7) is 8.69. The molecule has 0 saturated carbocycles. The molecule has 3 nitrogen and oxygen atoms in total. The Labute approximate surface area is 140 Å². The highest BCUT2D eigenvalue weighted by molar-refractivity contribution is 5.88.